The zero-order valence-electron chi connectivity index (χ0n) is 15.9. The Hall–Kier alpha value is -2.26. The average Bonchev–Trinajstić information content (AvgIpc) is 2.59. The number of pyridine rings is 2. The van der Waals surface area contributed by atoms with Crippen LogP contribution in [-0.4, -0.2) is 34.6 Å². The van der Waals surface area contributed by atoms with Gasteiger partial charge in [-0.3, -0.25) is 14.0 Å². The molecule has 2 aromatic rings. The Morgan fingerprint density at radius 3 is 2.35 bits per heavy atom. The summed E-state index contributed by atoms with van der Waals surface area (Å²) in [5, 5.41) is 9.52. The first-order chi connectivity index (χ1) is 12.3. The van der Waals surface area contributed by atoms with Crippen molar-refractivity contribution < 1.29 is 4.79 Å². The van der Waals surface area contributed by atoms with Crippen molar-refractivity contribution in [2.24, 2.45) is 11.8 Å². The number of amides is 1. The Morgan fingerprint density at radius 2 is 1.85 bits per heavy atom. The van der Waals surface area contributed by atoms with Gasteiger partial charge in [-0.05, 0) is 30.2 Å². The molecule has 0 aliphatic heterocycles. The molecular formula is C20H25N3O2S. The number of carbonyl (C=O) groups excluding carboxylic acids is 1. The van der Waals surface area contributed by atoms with Gasteiger partial charge < -0.3 is 4.90 Å². The molecule has 0 radical (unpaired) electrons. The molecule has 0 atom stereocenters. The standard InChI is InChI=1S/C20H25N3O2S/c1-13(2)11-22(12-14(3)4)20(25)17-16-8-6-7-9-23(16)19(24)15(10-21)18(17)26-5/h6-9,13-14H,11-12H2,1-5H3. The Bertz CT molecular complexity index is 900. The molecule has 0 bridgehead atoms. The number of aromatic nitrogens is 1. The van der Waals surface area contributed by atoms with Crippen molar-refractivity contribution in [2.45, 2.75) is 32.6 Å². The molecule has 0 spiro atoms. The van der Waals surface area contributed by atoms with E-state index in [0.29, 0.717) is 40.9 Å². The Labute approximate surface area is 158 Å². The van der Waals surface area contributed by atoms with E-state index >= 15 is 0 Å². The van der Waals surface area contributed by atoms with Crippen LogP contribution in [0.15, 0.2) is 34.1 Å². The van der Waals surface area contributed by atoms with Gasteiger partial charge >= 0.3 is 0 Å². The third-order valence-corrected chi connectivity index (χ3v) is 4.81. The highest BCUT2D eigenvalue weighted by Gasteiger charge is 2.26. The molecule has 2 aromatic heterocycles. The van der Waals surface area contributed by atoms with Gasteiger partial charge in [0.1, 0.15) is 11.6 Å². The van der Waals surface area contributed by atoms with Crippen molar-refractivity contribution in [1.29, 1.82) is 5.26 Å². The lowest BCUT2D eigenvalue weighted by molar-refractivity contribution is 0.0713. The fourth-order valence-electron chi connectivity index (χ4n) is 3.07. The molecule has 2 rings (SSSR count). The predicted octanol–water partition coefficient (Wildman–Crippen LogP) is 3.65. The minimum Gasteiger partial charge on any atom is -0.338 e. The van der Waals surface area contributed by atoms with Crippen LogP contribution < -0.4 is 5.56 Å². The SMILES string of the molecule is CSc1c(C#N)c(=O)n2ccccc2c1C(=O)N(CC(C)C)CC(C)C. The second kappa shape index (κ2) is 8.41. The first-order valence-electron chi connectivity index (χ1n) is 8.72. The summed E-state index contributed by atoms with van der Waals surface area (Å²) < 4.78 is 1.40. The number of hydrogen-bond acceptors (Lipinski definition) is 4. The predicted molar refractivity (Wildman–Crippen MR) is 106 cm³/mol. The summed E-state index contributed by atoms with van der Waals surface area (Å²) in [6, 6.07) is 7.29. The minimum atomic E-state index is -0.386. The van der Waals surface area contributed by atoms with Crippen LogP contribution in [0.1, 0.15) is 43.6 Å². The average molecular weight is 372 g/mol. The van der Waals surface area contributed by atoms with Gasteiger partial charge in [-0.1, -0.05) is 33.8 Å². The van der Waals surface area contributed by atoms with E-state index in [1.54, 1.807) is 30.7 Å². The van der Waals surface area contributed by atoms with E-state index in [9.17, 15) is 14.9 Å². The van der Waals surface area contributed by atoms with Crippen LogP contribution >= 0.6 is 11.8 Å². The number of nitriles is 1. The summed E-state index contributed by atoms with van der Waals surface area (Å²) in [5.41, 5.74) is 0.626. The van der Waals surface area contributed by atoms with Crippen molar-refractivity contribution in [3.05, 3.63) is 45.9 Å². The van der Waals surface area contributed by atoms with E-state index in [4.69, 9.17) is 0 Å². The zero-order chi connectivity index (χ0) is 19.4. The summed E-state index contributed by atoms with van der Waals surface area (Å²) in [5.74, 6) is 0.518. The Balaban J connectivity index is 2.77. The van der Waals surface area contributed by atoms with Crippen molar-refractivity contribution >= 4 is 23.2 Å². The number of hydrogen-bond donors (Lipinski definition) is 0. The summed E-state index contributed by atoms with van der Waals surface area (Å²) in [6.07, 6.45) is 3.40. The van der Waals surface area contributed by atoms with Gasteiger partial charge in [0.2, 0.25) is 0 Å². The quantitative estimate of drug-likeness (QED) is 0.727. The van der Waals surface area contributed by atoms with Crippen molar-refractivity contribution in [1.82, 2.24) is 9.30 Å². The molecule has 0 aliphatic rings. The molecule has 0 unspecified atom stereocenters. The third kappa shape index (κ3) is 3.94. The van der Waals surface area contributed by atoms with Crippen LogP contribution in [0, 0.1) is 23.2 Å². The summed E-state index contributed by atoms with van der Waals surface area (Å²) >= 11 is 1.28. The second-order valence-electron chi connectivity index (χ2n) is 7.15. The zero-order valence-corrected chi connectivity index (χ0v) is 16.8. The molecule has 26 heavy (non-hydrogen) atoms. The molecule has 2 heterocycles. The highest BCUT2D eigenvalue weighted by Crippen LogP contribution is 2.28. The first kappa shape index (κ1) is 20.1. The van der Waals surface area contributed by atoms with E-state index in [1.807, 2.05) is 11.0 Å². The molecule has 138 valence electrons. The van der Waals surface area contributed by atoms with E-state index in [2.05, 4.69) is 27.7 Å². The molecular weight excluding hydrogens is 346 g/mol. The van der Waals surface area contributed by atoms with Crippen LogP contribution in [-0.2, 0) is 0 Å². The molecule has 0 N–H and O–H groups in total. The summed E-state index contributed by atoms with van der Waals surface area (Å²) in [7, 11) is 0. The first-order valence-corrected chi connectivity index (χ1v) is 9.95. The van der Waals surface area contributed by atoms with Crippen LogP contribution in [0.25, 0.3) is 5.52 Å². The highest BCUT2D eigenvalue weighted by atomic mass is 32.2. The van der Waals surface area contributed by atoms with Gasteiger partial charge in [0.15, 0.2) is 0 Å². The maximum Gasteiger partial charge on any atom is 0.274 e. The topological polar surface area (TPSA) is 65.6 Å². The van der Waals surface area contributed by atoms with Gasteiger partial charge in [0.05, 0.1) is 11.1 Å². The summed E-state index contributed by atoms with van der Waals surface area (Å²) in [6.45, 7) is 9.55. The van der Waals surface area contributed by atoms with E-state index in [1.165, 1.54) is 16.2 Å². The smallest absolute Gasteiger partial charge is 0.274 e. The van der Waals surface area contributed by atoms with Crippen LogP contribution in [0.4, 0.5) is 0 Å². The van der Waals surface area contributed by atoms with Crippen LogP contribution in [0.2, 0.25) is 0 Å². The third-order valence-electron chi connectivity index (χ3n) is 3.99. The Morgan fingerprint density at radius 1 is 1.23 bits per heavy atom. The van der Waals surface area contributed by atoms with Gasteiger partial charge in [-0.25, -0.2) is 0 Å². The van der Waals surface area contributed by atoms with Crippen molar-refractivity contribution in [3.63, 3.8) is 0 Å². The minimum absolute atomic E-state index is 0.0265. The molecule has 0 fully saturated rings. The Kier molecular flexibility index (Phi) is 6.49. The highest BCUT2D eigenvalue weighted by molar-refractivity contribution is 7.98. The molecule has 0 saturated heterocycles. The van der Waals surface area contributed by atoms with E-state index in [-0.39, 0.29) is 17.0 Å². The van der Waals surface area contributed by atoms with Gasteiger partial charge in [0, 0.05) is 24.2 Å². The monoisotopic (exact) mass is 371 g/mol. The largest absolute Gasteiger partial charge is 0.338 e. The van der Waals surface area contributed by atoms with E-state index in [0.717, 1.165) is 0 Å². The fourth-order valence-corrected chi connectivity index (χ4v) is 3.81. The maximum atomic E-state index is 13.5. The normalized spacial score (nSPS) is 11.2. The molecule has 0 aliphatic carbocycles. The number of carbonyl (C=O) groups is 1. The molecule has 6 heteroatoms. The molecule has 0 saturated carbocycles. The summed E-state index contributed by atoms with van der Waals surface area (Å²) in [4.78, 5) is 28.4. The fraction of sp³-hybridized carbons (Fsp3) is 0.450. The van der Waals surface area contributed by atoms with Crippen LogP contribution in [0.5, 0.6) is 0 Å². The second-order valence-corrected chi connectivity index (χ2v) is 7.97. The molecule has 0 aromatic carbocycles. The lowest BCUT2D eigenvalue weighted by Crippen LogP contribution is -2.38. The lowest BCUT2D eigenvalue weighted by Gasteiger charge is -2.28. The molecule has 5 nitrogen and oxygen atoms in total. The van der Waals surface area contributed by atoms with Crippen molar-refractivity contribution in [2.75, 3.05) is 19.3 Å². The number of nitrogens with zero attached hydrogens (tertiary/aromatic N) is 3. The maximum absolute atomic E-state index is 13.5. The number of thioether (sulfide) groups is 1. The number of rotatable bonds is 6. The van der Waals surface area contributed by atoms with Crippen LogP contribution in [0.3, 0.4) is 0 Å². The van der Waals surface area contributed by atoms with Crippen molar-refractivity contribution in [3.8, 4) is 6.07 Å². The van der Waals surface area contributed by atoms with Gasteiger partial charge in [-0.15, -0.1) is 11.8 Å². The lowest BCUT2D eigenvalue weighted by atomic mass is 10.1. The van der Waals surface area contributed by atoms with Gasteiger partial charge in [0.25, 0.3) is 11.5 Å². The van der Waals surface area contributed by atoms with E-state index < -0.39 is 0 Å². The molecule has 1 amide bonds. The number of fused-ring (bicyclic) bond motifs is 1. The van der Waals surface area contributed by atoms with Gasteiger partial charge in [-0.2, -0.15) is 5.26 Å².